The molecule has 3 heteroatoms. The molecule has 3 fully saturated rings. The summed E-state index contributed by atoms with van der Waals surface area (Å²) >= 11 is 0. The quantitative estimate of drug-likeness (QED) is 0.435. The van der Waals surface area contributed by atoms with Crippen molar-refractivity contribution >= 4 is 12.3 Å². The lowest BCUT2D eigenvalue weighted by Gasteiger charge is -2.46. The maximum absolute atomic E-state index is 11.3. The highest BCUT2D eigenvalue weighted by Crippen LogP contribution is 2.49. The van der Waals surface area contributed by atoms with Gasteiger partial charge in [-0.25, -0.2) is 0 Å². The molecule has 3 saturated carbocycles. The normalized spacial score (nSPS) is 33.7. The average Bonchev–Trinajstić information content (AvgIpc) is 2.43. The van der Waals surface area contributed by atoms with Crippen molar-refractivity contribution < 1.29 is 14.7 Å². The van der Waals surface area contributed by atoms with Crippen molar-refractivity contribution in [2.45, 2.75) is 51.4 Å². The van der Waals surface area contributed by atoms with E-state index in [4.69, 9.17) is 5.11 Å². The number of fused-ring (bicyclic) bond motifs is 3. The molecule has 0 aromatic carbocycles. The Labute approximate surface area is 115 Å². The molecule has 3 rings (SSSR count). The summed E-state index contributed by atoms with van der Waals surface area (Å²) in [6, 6.07) is 0. The van der Waals surface area contributed by atoms with Crippen LogP contribution in [0, 0.1) is 23.7 Å². The van der Waals surface area contributed by atoms with E-state index in [0.717, 1.165) is 18.8 Å². The van der Waals surface area contributed by atoms with Gasteiger partial charge in [0.15, 0.2) is 0 Å². The van der Waals surface area contributed by atoms with Gasteiger partial charge in [0.25, 0.3) is 0 Å². The van der Waals surface area contributed by atoms with Gasteiger partial charge >= 0.3 is 5.97 Å². The van der Waals surface area contributed by atoms with Gasteiger partial charge in [-0.15, -0.1) is 0 Å². The number of aldehydes is 1. The Bertz CT molecular complexity index is 340. The van der Waals surface area contributed by atoms with Gasteiger partial charge in [-0.1, -0.05) is 12.2 Å². The topological polar surface area (TPSA) is 54.4 Å². The molecule has 2 bridgehead atoms. The number of rotatable bonds is 7. The molecule has 0 radical (unpaired) electrons. The molecule has 0 saturated heterocycles. The summed E-state index contributed by atoms with van der Waals surface area (Å²) in [7, 11) is 0. The first kappa shape index (κ1) is 14.3. The predicted octanol–water partition coefficient (Wildman–Crippen LogP) is 3.44. The van der Waals surface area contributed by atoms with Gasteiger partial charge in [-0.05, 0) is 62.7 Å². The standard InChI is InChI=1S/C16H24O3/c17-11-15-13-9-7-12(8-10-13)14(15)5-3-1-2-4-6-16(18)19/h1,3,11-15H,2,4-10H2,(H,18,19)/t12?,13?,14-,15-/m0/s1. The molecule has 106 valence electrons. The summed E-state index contributed by atoms with van der Waals surface area (Å²) in [5.41, 5.74) is 0. The second-order valence-electron chi connectivity index (χ2n) is 6.05. The number of aliphatic carboxylic acids is 1. The van der Waals surface area contributed by atoms with Gasteiger partial charge < -0.3 is 9.90 Å². The lowest BCUT2D eigenvalue weighted by molar-refractivity contribution is -0.137. The van der Waals surface area contributed by atoms with Gasteiger partial charge in [-0.3, -0.25) is 4.79 Å². The van der Waals surface area contributed by atoms with Crippen LogP contribution in [-0.4, -0.2) is 17.4 Å². The lowest BCUT2D eigenvalue weighted by Crippen LogP contribution is -2.40. The minimum atomic E-state index is -0.723. The van der Waals surface area contributed by atoms with Crippen LogP contribution in [0.4, 0.5) is 0 Å². The molecule has 0 amide bonds. The Morgan fingerprint density at radius 2 is 1.79 bits per heavy atom. The van der Waals surface area contributed by atoms with E-state index in [1.807, 2.05) is 0 Å². The van der Waals surface area contributed by atoms with Crippen molar-refractivity contribution in [1.29, 1.82) is 0 Å². The number of carbonyl (C=O) groups is 2. The third kappa shape index (κ3) is 3.68. The molecular weight excluding hydrogens is 240 g/mol. The van der Waals surface area contributed by atoms with E-state index in [0.29, 0.717) is 18.3 Å². The number of allylic oxidation sites excluding steroid dienone is 2. The van der Waals surface area contributed by atoms with Crippen molar-refractivity contribution in [3.05, 3.63) is 12.2 Å². The highest BCUT2D eigenvalue weighted by atomic mass is 16.4. The second-order valence-corrected chi connectivity index (χ2v) is 6.05. The van der Waals surface area contributed by atoms with E-state index >= 15 is 0 Å². The summed E-state index contributed by atoms with van der Waals surface area (Å²) in [6.07, 6.45) is 13.3. The van der Waals surface area contributed by atoms with Crippen molar-refractivity contribution in [2.75, 3.05) is 0 Å². The maximum Gasteiger partial charge on any atom is 0.303 e. The van der Waals surface area contributed by atoms with E-state index in [1.54, 1.807) is 0 Å². The summed E-state index contributed by atoms with van der Waals surface area (Å²) in [4.78, 5) is 21.7. The fraction of sp³-hybridized carbons (Fsp3) is 0.750. The first-order chi connectivity index (χ1) is 9.22. The Kier molecular flexibility index (Phi) is 5.17. The summed E-state index contributed by atoms with van der Waals surface area (Å²) in [5, 5.41) is 8.55. The fourth-order valence-corrected chi connectivity index (χ4v) is 3.93. The first-order valence-electron chi connectivity index (χ1n) is 7.54. The lowest BCUT2D eigenvalue weighted by atomic mass is 9.58. The Morgan fingerprint density at radius 1 is 1.11 bits per heavy atom. The molecule has 19 heavy (non-hydrogen) atoms. The van der Waals surface area contributed by atoms with Crippen LogP contribution in [0.15, 0.2) is 12.2 Å². The molecule has 2 atom stereocenters. The third-order valence-electron chi connectivity index (χ3n) is 4.95. The van der Waals surface area contributed by atoms with Gasteiger partial charge in [0.05, 0.1) is 0 Å². The summed E-state index contributed by atoms with van der Waals surface area (Å²) < 4.78 is 0. The molecule has 0 heterocycles. The molecule has 3 aliphatic rings. The molecule has 0 aromatic heterocycles. The zero-order chi connectivity index (χ0) is 13.7. The Hall–Kier alpha value is -1.12. The third-order valence-corrected chi connectivity index (χ3v) is 4.95. The van der Waals surface area contributed by atoms with Crippen LogP contribution in [0.25, 0.3) is 0 Å². The molecule has 1 N–H and O–H groups in total. The van der Waals surface area contributed by atoms with E-state index in [-0.39, 0.29) is 12.3 Å². The smallest absolute Gasteiger partial charge is 0.303 e. The monoisotopic (exact) mass is 264 g/mol. The zero-order valence-electron chi connectivity index (χ0n) is 11.5. The predicted molar refractivity (Wildman–Crippen MR) is 73.7 cm³/mol. The van der Waals surface area contributed by atoms with Crippen molar-refractivity contribution in [3.8, 4) is 0 Å². The average molecular weight is 264 g/mol. The van der Waals surface area contributed by atoms with Gasteiger partial charge in [0.1, 0.15) is 6.29 Å². The summed E-state index contributed by atoms with van der Waals surface area (Å²) in [5.74, 6) is 1.47. The molecule has 0 spiro atoms. The molecule has 0 unspecified atom stereocenters. The van der Waals surface area contributed by atoms with Crippen LogP contribution in [0.2, 0.25) is 0 Å². The number of unbranched alkanes of at least 4 members (excludes halogenated alkanes) is 1. The first-order valence-corrected chi connectivity index (χ1v) is 7.54. The number of carboxylic acid groups (broad SMARTS) is 1. The Balaban J connectivity index is 1.76. The molecular formula is C16H24O3. The second kappa shape index (κ2) is 6.88. The van der Waals surface area contributed by atoms with Gasteiger partial charge in [0.2, 0.25) is 0 Å². The van der Waals surface area contributed by atoms with Crippen molar-refractivity contribution in [1.82, 2.24) is 0 Å². The maximum atomic E-state index is 11.3. The van der Waals surface area contributed by atoms with Crippen LogP contribution in [-0.2, 0) is 9.59 Å². The van der Waals surface area contributed by atoms with E-state index in [2.05, 4.69) is 12.2 Å². The van der Waals surface area contributed by atoms with E-state index in [1.165, 1.54) is 32.0 Å². The van der Waals surface area contributed by atoms with E-state index < -0.39 is 5.97 Å². The minimum Gasteiger partial charge on any atom is -0.481 e. The number of carboxylic acids is 1. The van der Waals surface area contributed by atoms with Crippen LogP contribution in [0.3, 0.4) is 0 Å². The van der Waals surface area contributed by atoms with Crippen LogP contribution >= 0.6 is 0 Å². The van der Waals surface area contributed by atoms with Crippen molar-refractivity contribution in [2.24, 2.45) is 23.7 Å². The zero-order valence-corrected chi connectivity index (χ0v) is 11.5. The van der Waals surface area contributed by atoms with Crippen molar-refractivity contribution in [3.63, 3.8) is 0 Å². The van der Waals surface area contributed by atoms with Gasteiger partial charge in [0, 0.05) is 12.3 Å². The van der Waals surface area contributed by atoms with Gasteiger partial charge in [-0.2, -0.15) is 0 Å². The SMILES string of the molecule is O=C[C@H]1C2CCC(CC2)[C@@H]1CC=CCCCC(=O)O. The van der Waals surface area contributed by atoms with E-state index in [9.17, 15) is 9.59 Å². The molecule has 0 aromatic rings. The molecule has 0 aliphatic heterocycles. The Morgan fingerprint density at radius 3 is 2.42 bits per heavy atom. The highest BCUT2D eigenvalue weighted by Gasteiger charge is 2.42. The molecule has 3 nitrogen and oxygen atoms in total. The molecule has 3 aliphatic carbocycles. The largest absolute Gasteiger partial charge is 0.481 e. The number of hydrogen-bond acceptors (Lipinski definition) is 2. The van der Waals surface area contributed by atoms with Crippen LogP contribution in [0.5, 0.6) is 0 Å². The van der Waals surface area contributed by atoms with Crippen LogP contribution < -0.4 is 0 Å². The fourth-order valence-electron chi connectivity index (χ4n) is 3.93. The van der Waals surface area contributed by atoms with Crippen LogP contribution in [0.1, 0.15) is 51.4 Å². The summed E-state index contributed by atoms with van der Waals surface area (Å²) in [6.45, 7) is 0. The minimum absolute atomic E-state index is 0.245. The highest BCUT2D eigenvalue weighted by molar-refractivity contribution is 5.66. The number of carbonyl (C=O) groups excluding carboxylic acids is 1. The number of hydrogen-bond donors (Lipinski definition) is 1.